The summed E-state index contributed by atoms with van der Waals surface area (Å²) in [4.78, 5) is 11.3. The van der Waals surface area contributed by atoms with Gasteiger partial charge in [0.05, 0.1) is 6.61 Å². The van der Waals surface area contributed by atoms with Crippen LogP contribution in [0.25, 0.3) is 0 Å². The van der Waals surface area contributed by atoms with Gasteiger partial charge in [-0.15, -0.1) is 0 Å². The Labute approximate surface area is 95.2 Å². The molecule has 0 heterocycles. The lowest BCUT2D eigenvalue weighted by Gasteiger charge is -2.09. The Morgan fingerprint density at radius 2 is 1.65 bits per heavy atom. The van der Waals surface area contributed by atoms with E-state index in [0.29, 0.717) is 0 Å². The zero-order chi connectivity index (χ0) is 13.2. The van der Waals surface area contributed by atoms with E-state index in [9.17, 15) is 22.4 Å². The van der Waals surface area contributed by atoms with Gasteiger partial charge < -0.3 is 4.74 Å². The molecule has 0 saturated heterocycles. The molecule has 6 heteroatoms. The van der Waals surface area contributed by atoms with Crippen molar-refractivity contribution in [1.29, 1.82) is 0 Å². The number of halogens is 4. The zero-order valence-electron chi connectivity index (χ0n) is 9.19. The van der Waals surface area contributed by atoms with E-state index in [1.165, 1.54) is 0 Å². The second-order valence-corrected chi connectivity index (χ2v) is 3.84. The van der Waals surface area contributed by atoms with E-state index >= 15 is 0 Å². The van der Waals surface area contributed by atoms with E-state index in [1.807, 2.05) is 0 Å². The molecule has 1 aromatic rings. The number of benzene rings is 1. The lowest BCUT2D eigenvalue weighted by Crippen LogP contribution is -2.15. The Kier molecular flexibility index (Phi) is 4.09. The van der Waals surface area contributed by atoms with Gasteiger partial charge in [0.2, 0.25) is 0 Å². The molecule has 0 saturated carbocycles. The minimum absolute atomic E-state index is 0.0316. The average Bonchev–Trinajstić information content (AvgIpc) is 2.24. The third-order valence-electron chi connectivity index (χ3n) is 1.86. The van der Waals surface area contributed by atoms with Crippen molar-refractivity contribution in [1.82, 2.24) is 0 Å². The minimum Gasteiger partial charge on any atom is -0.462 e. The van der Waals surface area contributed by atoms with E-state index < -0.39 is 34.8 Å². The Hall–Kier alpha value is -1.59. The molecule has 0 fully saturated rings. The molecule has 0 aliphatic carbocycles. The van der Waals surface area contributed by atoms with Crippen LogP contribution >= 0.6 is 0 Å². The predicted octanol–water partition coefficient (Wildman–Crippen LogP) is 3.06. The maximum Gasteiger partial charge on any atom is 0.344 e. The Morgan fingerprint density at radius 1 is 1.18 bits per heavy atom. The molecule has 0 spiro atoms. The summed E-state index contributed by atoms with van der Waals surface area (Å²) in [5, 5.41) is 0. The highest BCUT2D eigenvalue weighted by atomic mass is 19.2. The molecule has 0 amide bonds. The molecule has 0 unspecified atom stereocenters. The van der Waals surface area contributed by atoms with Crippen LogP contribution in [0.15, 0.2) is 6.07 Å². The van der Waals surface area contributed by atoms with E-state index in [0.717, 1.165) is 0 Å². The molecule has 0 bridgehead atoms. The fourth-order valence-corrected chi connectivity index (χ4v) is 1.07. The number of carbonyl (C=O) groups excluding carboxylic acids is 1. The van der Waals surface area contributed by atoms with Crippen molar-refractivity contribution in [2.45, 2.75) is 13.8 Å². The minimum atomic E-state index is -1.75. The smallest absolute Gasteiger partial charge is 0.344 e. The van der Waals surface area contributed by atoms with Gasteiger partial charge in [-0.25, -0.2) is 22.4 Å². The first-order valence-electron chi connectivity index (χ1n) is 4.84. The topological polar surface area (TPSA) is 26.3 Å². The lowest BCUT2D eigenvalue weighted by molar-refractivity contribution is 0.0445. The molecule has 1 rings (SSSR count). The largest absolute Gasteiger partial charge is 0.462 e. The number of hydrogen-bond donors (Lipinski definition) is 0. The number of hydrogen-bond acceptors (Lipinski definition) is 2. The number of esters is 1. The van der Waals surface area contributed by atoms with Gasteiger partial charge in [-0.3, -0.25) is 0 Å². The maximum absolute atomic E-state index is 13.1. The van der Waals surface area contributed by atoms with Gasteiger partial charge in [0, 0.05) is 6.07 Å². The SMILES string of the molecule is CC(C)COC(=O)c1c(F)c(F)cc(F)c1F. The van der Waals surface area contributed by atoms with Crippen LogP contribution in [0.1, 0.15) is 24.2 Å². The molecule has 2 nitrogen and oxygen atoms in total. The predicted molar refractivity (Wildman–Crippen MR) is 51.4 cm³/mol. The van der Waals surface area contributed by atoms with Gasteiger partial charge in [-0.1, -0.05) is 13.8 Å². The molecular weight excluding hydrogens is 240 g/mol. The second-order valence-electron chi connectivity index (χ2n) is 3.84. The third kappa shape index (κ3) is 2.95. The van der Waals surface area contributed by atoms with Crippen LogP contribution in [-0.4, -0.2) is 12.6 Å². The van der Waals surface area contributed by atoms with Crippen molar-refractivity contribution in [2.24, 2.45) is 5.92 Å². The zero-order valence-corrected chi connectivity index (χ0v) is 9.19. The van der Waals surface area contributed by atoms with Crippen molar-refractivity contribution in [3.8, 4) is 0 Å². The van der Waals surface area contributed by atoms with Crippen molar-refractivity contribution < 1.29 is 27.1 Å². The van der Waals surface area contributed by atoms with Crippen molar-refractivity contribution in [3.05, 3.63) is 34.9 Å². The summed E-state index contributed by atoms with van der Waals surface area (Å²) in [6.07, 6.45) is 0. The van der Waals surface area contributed by atoms with Crippen LogP contribution in [-0.2, 0) is 4.74 Å². The number of ether oxygens (including phenoxy) is 1. The van der Waals surface area contributed by atoms with Crippen molar-refractivity contribution >= 4 is 5.97 Å². The highest BCUT2D eigenvalue weighted by Gasteiger charge is 2.26. The fourth-order valence-electron chi connectivity index (χ4n) is 1.07. The van der Waals surface area contributed by atoms with Gasteiger partial charge in [-0.2, -0.15) is 0 Å². The van der Waals surface area contributed by atoms with Crippen LogP contribution in [0.3, 0.4) is 0 Å². The second kappa shape index (κ2) is 5.16. The first-order valence-corrected chi connectivity index (χ1v) is 4.84. The molecule has 0 aliphatic rings. The summed E-state index contributed by atoms with van der Waals surface area (Å²) in [7, 11) is 0. The highest BCUT2D eigenvalue weighted by molar-refractivity contribution is 5.90. The molecule has 0 radical (unpaired) electrons. The highest BCUT2D eigenvalue weighted by Crippen LogP contribution is 2.20. The summed E-state index contributed by atoms with van der Waals surface area (Å²) in [6, 6.07) is 0.0316. The van der Waals surface area contributed by atoms with Crippen LogP contribution in [0, 0.1) is 29.2 Å². The molecule has 0 aliphatic heterocycles. The summed E-state index contributed by atoms with van der Waals surface area (Å²) < 4.78 is 56.4. The lowest BCUT2D eigenvalue weighted by atomic mass is 10.2. The first kappa shape index (κ1) is 13.5. The van der Waals surface area contributed by atoms with Gasteiger partial charge in [0.15, 0.2) is 23.3 Å². The number of carbonyl (C=O) groups is 1. The monoisotopic (exact) mass is 250 g/mol. The quantitative estimate of drug-likeness (QED) is 0.468. The van der Waals surface area contributed by atoms with Crippen molar-refractivity contribution in [2.75, 3.05) is 6.61 Å². The molecule has 0 aromatic heterocycles. The van der Waals surface area contributed by atoms with E-state index in [-0.39, 0.29) is 18.6 Å². The van der Waals surface area contributed by atoms with Gasteiger partial charge in [0.25, 0.3) is 0 Å². The van der Waals surface area contributed by atoms with Crippen LogP contribution < -0.4 is 0 Å². The summed E-state index contributed by atoms with van der Waals surface area (Å²) in [5.74, 6) is -8.27. The normalized spacial score (nSPS) is 10.8. The van der Waals surface area contributed by atoms with Crippen LogP contribution in [0.5, 0.6) is 0 Å². The standard InChI is InChI=1S/C11H10F4O2/c1-5(2)4-17-11(16)8-9(14)6(12)3-7(13)10(8)15/h3,5H,4H2,1-2H3. The molecule has 1 aromatic carbocycles. The summed E-state index contributed by atoms with van der Waals surface area (Å²) >= 11 is 0. The maximum atomic E-state index is 13.1. The first-order chi connectivity index (χ1) is 7.84. The molecular formula is C11H10F4O2. The Bertz CT molecular complexity index is 417. The van der Waals surface area contributed by atoms with Gasteiger partial charge in [0.1, 0.15) is 5.56 Å². The fraction of sp³-hybridized carbons (Fsp3) is 0.364. The molecule has 94 valence electrons. The summed E-state index contributed by atoms with van der Waals surface area (Å²) in [5.41, 5.74) is -1.34. The Morgan fingerprint density at radius 3 is 2.06 bits per heavy atom. The average molecular weight is 250 g/mol. The van der Waals surface area contributed by atoms with E-state index in [2.05, 4.69) is 4.74 Å². The molecule has 17 heavy (non-hydrogen) atoms. The van der Waals surface area contributed by atoms with E-state index in [1.54, 1.807) is 13.8 Å². The van der Waals surface area contributed by atoms with Gasteiger partial charge >= 0.3 is 5.97 Å². The van der Waals surface area contributed by atoms with Gasteiger partial charge in [-0.05, 0) is 5.92 Å². The molecule has 0 atom stereocenters. The third-order valence-corrected chi connectivity index (χ3v) is 1.86. The summed E-state index contributed by atoms with van der Waals surface area (Å²) in [6.45, 7) is 3.30. The van der Waals surface area contributed by atoms with Crippen molar-refractivity contribution in [3.63, 3.8) is 0 Å². The van der Waals surface area contributed by atoms with E-state index in [4.69, 9.17) is 0 Å². The van der Waals surface area contributed by atoms with Crippen LogP contribution in [0.4, 0.5) is 17.6 Å². The number of rotatable bonds is 3. The molecule has 0 N–H and O–H groups in total. The Balaban J connectivity index is 3.08. The van der Waals surface area contributed by atoms with Crippen LogP contribution in [0.2, 0.25) is 0 Å².